The molecule has 0 aliphatic heterocycles. The highest BCUT2D eigenvalue weighted by molar-refractivity contribution is 6.31. The lowest BCUT2D eigenvalue weighted by atomic mass is 10.0. The van der Waals surface area contributed by atoms with E-state index in [-0.39, 0.29) is 30.0 Å². The number of ether oxygens (including phenoxy) is 1. The molecule has 0 saturated carbocycles. The number of fused-ring (bicyclic) bond motifs is 1. The van der Waals surface area contributed by atoms with Crippen LogP contribution in [-0.2, 0) is 20.9 Å². The molecule has 2 N–H and O–H groups in total. The van der Waals surface area contributed by atoms with Crippen LogP contribution in [0, 0.1) is 0 Å². The normalized spacial score (nSPS) is 14.1. The zero-order chi connectivity index (χ0) is 18.0. The Morgan fingerprint density at radius 1 is 1.32 bits per heavy atom. The molecule has 0 radical (unpaired) electrons. The van der Waals surface area contributed by atoms with Crippen molar-refractivity contribution in [3.8, 4) is 0 Å². The molecule has 1 aliphatic carbocycles. The average Bonchev–Trinajstić information content (AvgIpc) is 2.60. The number of carbonyl (C=O) groups excluding carboxylic acids is 2. The summed E-state index contributed by atoms with van der Waals surface area (Å²) in [6.45, 7) is 0.143. The van der Waals surface area contributed by atoms with E-state index in [2.05, 4.69) is 15.0 Å². The van der Waals surface area contributed by atoms with Gasteiger partial charge in [0.2, 0.25) is 0 Å². The summed E-state index contributed by atoms with van der Waals surface area (Å²) in [7, 11) is 1.28. The van der Waals surface area contributed by atoms with Crippen LogP contribution in [0.1, 0.15) is 12.0 Å². The van der Waals surface area contributed by atoms with E-state index in [0.717, 1.165) is 5.39 Å². The van der Waals surface area contributed by atoms with Crippen LogP contribution in [0.2, 0.25) is 5.02 Å². The van der Waals surface area contributed by atoms with Gasteiger partial charge in [0.15, 0.2) is 5.78 Å². The highest BCUT2D eigenvalue weighted by atomic mass is 35.5. The Hall–Kier alpha value is -2.86. The van der Waals surface area contributed by atoms with Gasteiger partial charge in [-0.25, -0.2) is 4.79 Å². The van der Waals surface area contributed by atoms with Gasteiger partial charge < -0.3 is 15.0 Å². The van der Waals surface area contributed by atoms with Crippen molar-refractivity contribution in [3.63, 3.8) is 0 Å². The van der Waals surface area contributed by atoms with Crippen molar-refractivity contribution in [2.75, 3.05) is 7.11 Å². The number of rotatable bonds is 4. The summed E-state index contributed by atoms with van der Waals surface area (Å²) < 4.78 is 4.66. The zero-order valence-corrected chi connectivity index (χ0v) is 14.1. The molecule has 1 aliphatic rings. The molecular weight excluding hydrogens is 344 g/mol. The first-order valence-corrected chi connectivity index (χ1v) is 7.94. The van der Waals surface area contributed by atoms with Gasteiger partial charge in [-0.05, 0) is 30.3 Å². The van der Waals surface area contributed by atoms with Crippen LogP contribution >= 0.6 is 11.6 Å². The summed E-state index contributed by atoms with van der Waals surface area (Å²) in [6.07, 6.45) is 3.06. The van der Waals surface area contributed by atoms with Gasteiger partial charge in [-0.15, -0.1) is 0 Å². The Labute approximate surface area is 148 Å². The molecule has 0 atom stereocenters. The third kappa shape index (κ3) is 3.64. The fourth-order valence-corrected chi connectivity index (χ4v) is 2.74. The molecule has 128 valence electrons. The van der Waals surface area contributed by atoms with Crippen LogP contribution < -0.4 is 10.9 Å². The second-order valence-electron chi connectivity index (χ2n) is 5.55. The number of nitrogens with one attached hydrogen (secondary N) is 2. The first-order chi connectivity index (χ1) is 12.0. The number of Topliss-reactive ketones (excluding diaryl/α,β-unsaturated/α-hetero) is 1. The molecule has 0 saturated heterocycles. The molecule has 7 heteroatoms. The molecule has 2 aromatic rings. The number of carbonyl (C=O) groups is 2. The number of aromatic amines is 1. The van der Waals surface area contributed by atoms with E-state index < -0.39 is 5.97 Å². The van der Waals surface area contributed by atoms with Crippen molar-refractivity contribution in [2.24, 2.45) is 0 Å². The van der Waals surface area contributed by atoms with Crippen LogP contribution in [0.15, 0.2) is 52.5 Å². The average molecular weight is 359 g/mol. The minimum atomic E-state index is -0.509. The van der Waals surface area contributed by atoms with Crippen molar-refractivity contribution in [2.45, 2.75) is 13.0 Å². The summed E-state index contributed by atoms with van der Waals surface area (Å²) in [6, 6.07) is 6.90. The van der Waals surface area contributed by atoms with E-state index >= 15 is 0 Å². The summed E-state index contributed by atoms with van der Waals surface area (Å²) >= 11 is 5.98. The Morgan fingerprint density at radius 2 is 2.12 bits per heavy atom. The minimum Gasteiger partial charge on any atom is -0.465 e. The number of H-pyrrole nitrogens is 1. The van der Waals surface area contributed by atoms with Gasteiger partial charge in [0, 0.05) is 34.5 Å². The van der Waals surface area contributed by atoms with Crippen molar-refractivity contribution in [3.05, 3.63) is 68.6 Å². The standard InChI is InChI=1S/C18H15ClN2O4/c1-25-18(24)10-2-5-16(22)15(8-10)20-9-12-6-11-7-13(19)3-4-14(11)21-17(12)23/h2-4,6-8,20H,5,9H2,1H3,(H,21,23). The van der Waals surface area contributed by atoms with Gasteiger partial charge in [0.1, 0.15) is 0 Å². The molecule has 1 aromatic carbocycles. The number of ketones is 1. The lowest BCUT2D eigenvalue weighted by Gasteiger charge is -2.14. The largest absolute Gasteiger partial charge is 0.465 e. The predicted molar refractivity (Wildman–Crippen MR) is 94.2 cm³/mol. The molecule has 0 amide bonds. The third-order valence-electron chi connectivity index (χ3n) is 3.88. The number of hydrogen-bond donors (Lipinski definition) is 2. The van der Waals surface area contributed by atoms with Crippen LogP contribution in [0.5, 0.6) is 0 Å². The topological polar surface area (TPSA) is 88.3 Å². The molecule has 1 heterocycles. The molecule has 6 nitrogen and oxygen atoms in total. The summed E-state index contributed by atoms with van der Waals surface area (Å²) in [4.78, 5) is 38.5. The number of halogens is 1. The van der Waals surface area contributed by atoms with Gasteiger partial charge in [0.25, 0.3) is 5.56 Å². The maximum absolute atomic E-state index is 12.2. The van der Waals surface area contributed by atoms with Crippen molar-refractivity contribution in [1.29, 1.82) is 0 Å². The van der Waals surface area contributed by atoms with Crippen LogP contribution in [0.4, 0.5) is 0 Å². The number of benzene rings is 1. The Morgan fingerprint density at radius 3 is 2.88 bits per heavy atom. The van der Waals surface area contributed by atoms with Crippen molar-refractivity contribution < 1.29 is 14.3 Å². The molecule has 0 bridgehead atoms. The van der Waals surface area contributed by atoms with E-state index in [9.17, 15) is 14.4 Å². The second kappa shape index (κ2) is 6.94. The van der Waals surface area contributed by atoms with Crippen LogP contribution in [0.25, 0.3) is 10.9 Å². The maximum Gasteiger partial charge on any atom is 0.337 e. The molecule has 0 spiro atoms. The molecule has 0 unspecified atom stereocenters. The number of esters is 1. The first kappa shape index (κ1) is 17.0. The number of methoxy groups -OCH3 is 1. The number of pyridine rings is 1. The van der Waals surface area contributed by atoms with Gasteiger partial charge in [-0.2, -0.15) is 0 Å². The molecule has 3 rings (SSSR count). The highest BCUT2D eigenvalue weighted by Gasteiger charge is 2.18. The SMILES string of the molecule is COC(=O)C1=CCC(=O)C(NCc2cc3cc(Cl)ccc3[nH]c2=O)=C1. The van der Waals surface area contributed by atoms with Crippen LogP contribution in [0.3, 0.4) is 0 Å². The maximum atomic E-state index is 12.2. The summed E-state index contributed by atoms with van der Waals surface area (Å²) in [5.74, 6) is -0.669. The van der Waals surface area contributed by atoms with E-state index in [1.165, 1.54) is 19.3 Å². The quantitative estimate of drug-likeness (QED) is 0.818. The van der Waals surface area contributed by atoms with Gasteiger partial charge in [0.05, 0.1) is 18.4 Å². The van der Waals surface area contributed by atoms with Crippen molar-refractivity contribution in [1.82, 2.24) is 10.3 Å². The van der Waals surface area contributed by atoms with Crippen molar-refractivity contribution >= 4 is 34.3 Å². The van der Waals surface area contributed by atoms with E-state index in [4.69, 9.17) is 11.6 Å². The molecule has 0 fully saturated rings. The lowest BCUT2D eigenvalue weighted by molar-refractivity contribution is -0.135. The number of hydrogen-bond acceptors (Lipinski definition) is 5. The third-order valence-corrected chi connectivity index (χ3v) is 4.12. The Kier molecular flexibility index (Phi) is 4.72. The molecule has 1 aromatic heterocycles. The monoisotopic (exact) mass is 358 g/mol. The van der Waals surface area contributed by atoms with E-state index in [0.29, 0.717) is 21.7 Å². The van der Waals surface area contributed by atoms with Gasteiger partial charge >= 0.3 is 5.97 Å². The molecular formula is C18H15ClN2O4. The second-order valence-corrected chi connectivity index (χ2v) is 5.98. The van der Waals surface area contributed by atoms with Crippen LogP contribution in [-0.4, -0.2) is 23.8 Å². The fourth-order valence-electron chi connectivity index (χ4n) is 2.56. The summed E-state index contributed by atoms with van der Waals surface area (Å²) in [5.41, 5.74) is 1.46. The summed E-state index contributed by atoms with van der Waals surface area (Å²) in [5, 5.41) is 4.29. The van der Waals surface area contributed by atoms with E-state index in [1.807, 2.05) is 0 Å². The fraction of sp³-hybridized carbons (Fsp3) is 0.167. The van der Waals surface area contributed by atoms with Gasteiger partial charge in [-0.3, -0.25) is 9.59 Å². The Balaban J connectivity index is 1.84. The smallest absolute Gasteiger partial charge is 0.337 e. The highest BCUT2D eigenvalue weighted by Crippen LogP contribution is 2.18. The number of allylic oxidation sites excluding steroid dienone is 2. The predicted octanol–water partition coefficient (Wildman–Crippen LogP) is 2.23. The molecule has 25 heavy (non-hydrogen) atoms. The minimum absolute atomic E-state index is 0.104. The first-order valence-electron chi connectivity index (χ1n) is 7.56. The zero-order valence-electron chi connectivity index (χ0n) is 13.4. The lowest BCUT2D eigenvalue weighted by Crippen LogP contribution is -2.26. The number of aromatic nitrogens is 1. The van der Waals surface area contributed by atoms with Gasteiger partial charge in [-0.1, -0.05) is 17.7 Å². The Bertz CT molecular complexity index is 988. The van der Waals surface area contributed by atoms with E-state index in [1.54, 1.807) is 24.3 Å².